The molecule has 0 heterocycles. The molecule has 1 aromatic rings. The van der Waals surface area contributed by atoms with Gasteiger partial charge in [-0.3, -0.25) is 0 Å². The molecule has 1 rings (SSSR count). The van der Waals surface area contributed by atoms with E-state index in [1.165, 1.54) is 7.11 Å². The first kappa shape index (κ1) is 13.4. The SMILES string of the molecule is CCCN(c1cccc(N)c1)C(C)C(=O)OC. The molecular formula is C13H20N2O2. The van der Waals surface area contributed by atoms with Crippen LogP contribution in [0.25, 0.3) is 0 Å². The minimum atomic E-state index is -0.304. The van der Waals surface area contributed by atoms with Gasteiger partial charge in [0.15, 0.2) is 0 Å². The van der Waals surface area contributed by atoms with Crippen molar-refractivity contribution in [2.24, 2.45) is 0 Å². The molecule has 0 saturated heterocycles. The Labute approximate surface area is 102 Å². The topological polar surface area (TPSA) is 55.6 Å². The predicted molar refractivity (Wildman–Crippen MR) is 70.0 cm³/mol. The molecule has 4 heteroatoms. The average Bonchev–Trinajstić information content (AvgIpc) is 2.34. The molecule has 17 heavy (non-hydrogen) atoms. The van der Waals surface area contributed by atoms with Crippen LogP contribution in [0.5, 0.6) is 0 Å². The number of hydrogen-bond donors (Lipinski definition) is 1. The Morgan fingerprint density at radius 3 is 2.76 bits per heavy atom. The third kappa shape index (κ3) is 3.37. The number of ether oxygens (including phenoxy) is 1. The van der Waals surface area contributed by atoms with E-state index in [2.05, 4.69) is 6.92 Å². The number of methoxy groups -OCH3 is 1. The van der Waals surface area contributed by atoms with E-state index in [9.17, 15) is 4.79 Å². The molecule has 94 valence electrons. The zero-order valence-electron chi connectivity index (χ0n) is 10.6. The second-order valence-corrected chi connectivity index (χ2v) is 3.99. The molecule has 1 aromatic carbocycles. The fourth-order valence-electron chi connectivity index (χ4n) is 1.79. The molecule has 0 spiro atoms. The number of nitrogens with zero attached hydrogens (tertiary/aromatic N) is 1. The van der Waals surface area contributed by atoms with Crippen molar-refractivity contribution >= 4 is 17.3 Å². The van der Waals surface area contributed by atoms with E-state index < -0.39 is 0 Å². The van der Waals surface area contributed by atoms with Crippen molar-refractivity contribution in [3.63, 3.8) is 0 Å². The van der Waals surface area contributed by atoms with Crippen molar-refractivity contribution in [1.82, 2.24) is 0 Å². The number of esters is 1. The second kappa shape index (κ2) is 6.13. The molecule has 0 aliphatic heterocycles. The van der Waals surface area contributed by atoms with Crippen LogP contribution in [0.3, 0.4) is 0 Å². The highest BCUT2D eigenvalue weighted by Gasteiger charge is 2.21. The third-order valence-electron chi connectivity index (χ3n) is 2.68. The summed E-state index contributed by atoms with van der Waals surface area (Å²) in [5.41, 5.74) is 7.40. The Morgan fingerprint density at radius 2 is 2.24 bits per heavy atom. The van der Waals surface area contributed by atoms with Crippen LogP contribution in [0.2, 0.25) is 0 Å². The van der Waals surface area contributed by atoms with Gasteiger partial charge in [0.05, 0.1) is 7.11 Å². The number of rotatable bonds is 5. The van der Waals surface area contributed by atoms with Gasteiger partial charge in [-0.15, -0.1) is 0 Å². The Hall–Kier alpha value is -1.71. The summed E-state index contributed by atoms with van der Waals surface area (Å²) in [6.07, 6.45) is 0.954. The molecule has 0 radical (unpaired) electrons. The number of carbonyl (C=O) groups excluding carboxylic acids is 1. The zero-order valence-corrected chi connectivity index (χ0v) is 10.6. The number of carbonyl (C=O) groups is 1. The molecule has 2 N–H and O–H groups in total. The first-order valence-corrected chi connectivity index (χ1v) is 5.80. The fraction of sp³-hybridized carbons (Fsp3) is 0.462. The summed E-state index contributed by atoms with van der Waals surface area (Å²) < 4.78 is 4.78. The normalized spacial score (nSPS) is 11.9. The lowest BCUT2D eigenvalue weighted by molar-refractivity contribution is -0.141. The monoisotopic (exact) mass is 236 g/mol. The quantitative estimate of drug-likeness (QED) is 0.628. The van der Waals surface area contributed by atoms with Gasteiger partial charge < -0.3 is 15.4 Å². The van der Waals surface area contributed by atoms with E-state index in [0.29, 0.717) is 5.69 Å². The molecule has 0 saturated carbocycles. The van der Waals surface area contributed by atoms with Crippen LogP contribution in [0.15, 0.2) is 24.3 Å². The van der Waals surface area contributed by atoms with Crippen LogP contribution >= 0.6 is 0 Å². The molecule has 0 amide bonds. The average molecular weight is 236 g/mol. The van der Waals surface area contributed by atoms with Crippen molar-refractivity contribution in [2.75, 3.05) is 24.3 Å². The first-order valence-electron chi connectivity index (χ1n) is 5.80. The smallest absolute Gasteiger partial charge is 0.328 e. The van der Waals surface area contributed by atoms with Crippen molar-refractivity contribution < 1.29 is 9.53 Å². The number of anilines is 2. The van der Waals surface area contributed by atoms with Crippen LogP contribution in [-0.4, -0.2) is 25.7 Å². The van der Waals surface area contributed by atoms with Gasteiger partial charge in [-0.2, -0.15) is 0 Å². The summed E-state index contributed by atoms with van der Waals surface area (Å²) in [4.78, 5) is 13.6. The Balaban J connectivity index is 2.96. The molecule has 1 atom stereocenters. The van der Waals surface area contributed by atoms with E-state index in [0.717, 1.165) is 18.7 Å². The summed E-state index contributed by atoms with van der Waals surface area (Å²) in [6.45, 7) is 4.70. The van der Waals surface area contributed by atoms with Crippen molar-refractivity contribution in [3.8, 4) is 0 Å². The van der Waals surface area contributed by atoms with Crippen LogP contribution < -0.4 is 10.6 Å². The van der Waals surface area contributed by atoms with E-state index in [1.54, 1.807) is 0 Å². The number of benzene rings is 1. The van der Waals surface area contributed by atoms with Crippen LogP contribution in [0.1, 0.15) is 20.3 Å². The van der Waals surface area contributed by atoms with Gasteiger partial charge >= 0.3 is 5.97 Å². The molecule has 1 unspecified atom stereocenters. The van der Waals surface area contributed by atoms with Gasteiger partial charge in [0.1, 0.15) is 6.04 Å². The third-order valence-corrected chi connectivity index (χ3v) is 2.68. The summed E-state index contributed by atoms with van der Waals surface area (Å²) in [7, 11) is 1.41. The lowest BCUT2D eigenvalue weighted by atomic mass is 10.2. The lowest BCUT2D eigenvalue weighted by Crippen LogP contribution is -2.40. The minimum absolute atomic E-state index is 0.235. The molecular weight excluding hydrogens is 216 g/mol. The van der Waals surface area contributed by atoms with E-state index >= 15 is 0 Å². The number of hydrogen-bond acceptors (Lipinski definition) is 4. The highest BCUT2D eigenvalue weighted by molar-refractivity contribution is 5.79. The maximum Gasteiger partial charge on any atom is 0.328 e. The van der Waals surface area contributed by atoms with Gasteiger partial charge in [0.2, 0.25) is 0 Å². The highest BCUT2D eigenvalue weighted by atomic mass is 16.5. The molecule has 0 bridgehead atoms. The standard InChI is InChI=1S/C13H20N2O2/c1-4-8-15(10(2)13(16)17-3)12-7-5-6-11(14)9-12/h5-7,9-10H,4,8,14H2,1-3H3. The fourth-order valence-corrected chi connectivity index (χ4v) is 1.79. The van der Waals surface area contributed by atoms with Gasteiger partial charge in [-0.1, -0.05) is 13.0 Å². The van der Waals surface area contributed by atoms with Gasteiger partial charge in [-0.25, -0.2) is 4.79 Å². The summed E-state index contributed by atoms with van der Waals surface area (Å²) in [6, 6.07) is 7.23. The van der Waals surface area contributed by atoms with E-state index in [-0.39, 0.29) is 12.0 Å². The van der Waals surface area contributed by atoms with E-state index in [1.807, 2.05) is 36.1 Å². The van der Waals surface area contributed by atoms with Crippen molar-refractivity contribution in [3.05, 3.63) is 24.3 Å². The first-order chi connectivity index (χ1) is 8.10. The molecule has 0 aliphatic rings. The highest BCUT2D eigenvalue weighted by Crippen LogP contribution is 2.20. The largest absolute Gasteiger partial charge is 0.467 e. The van der Waals surface area contributed by atoms with E-state index in [4.69, 9.17) is 10.5 Å². The molecule has 0 aliphatic carbocycles. The van der Waals surface area contributed by atoms with Gasteiger partial charge in [0, 0.05) is 17.9 Å². The van der Waals surface area contributed by atoms with Gasteiger partial charge in [-0.05, 0) is 31.5 Å². The molecule has 0 aromatic heterocycles. The number of nitrogen functional groups attached to an aromatic ring is 1. The summed E-state index contributed by atoms with van der Waals surface area (Å²) >= 11 is 0. The van der Waals surface area contributed by atoms with Crippen LogP contribution in [-0.2, 0) is 9.53 Å². The Bertz CT molecular complexity index is 379. The lowest BCUT2D eigenvalue weighted by Gasteiger charge is -2.29. The summed E-state index contributed by atoms with van der Waals surface area (Å²) in [5, 5.41) is 0. The Kier molecular flexibility index (Phi) is 4.82. The van der Waals surface area contributed by atoms with Crippen molar-refractivity contribution in [2.45, 2.75) is 26.3 Å². The predicted octanol–water partition coefficient (Wildman–Crippen LogP) is 2.05. The maximum atomic E-state index is 11.6. The van der Waals surface area contributed by atoms with Gasteiger partial charge in [0.25, 0.3) is 0 Å². The van der Waals surface area contributed by atoms with Crippen LogP contribution in [0, 0.1) is 0 Å². The Morgan fingerprint density at radius 1 is 1.53 bits per heavy atom. The zero-order chi connectivity index (χ0) is 12.8. The number of nitrogens with two attached hydrogens (primary N) is 1. The minimum Gasteiger partial charge on any atom is -0.467 e. The van der Waals surface area contributed by atoms with Crippen LogP contribution in [0.4, 0.5) is 11.4 Å². The molecule has 4 nitrogen and oxygen atoms in total. The molecule has 0 fully saturated rings. The summed E-state index contributed by atoms with van der Waals surface area (Å²) in [5.74, 6) is -0.235. The van der Waals surface area contributed by atoms with Crippen molar-refractivity contribution in [1.29, 1.82) is 0 Å². The second-order valence-electron chi connectivity index (χ2n) is 3.99. The maximum absolute atomic E-state index is 11.6.